The lowest BCUT2D eigenvalue weighted by atomic mass is 10.1. The Morgan fingerprint density at radius 1 is 1.24 bits per heavy atom. The molecule has 0 spiro atoms. The normalized spacial score (nSPS) is 11.5. The van der Waals surface area contributed by atoms with E-state index in [0.717, 1.165) is 22.1 Å². The van der Waals surface area contributed by atoms with E-state index in [2.05, 4.69) is 27.4 Å². The van der Waals surface area contributed by atoms with Crippen molar-refractivity contribution in [2.75, 3.05) is 7.11 Å². The number of carbonyl (C=O) groups excluding carboxylic acids is 1. The zero-order chi connectivity index (χ0) is 26.5. The van der Waals surface area contributed by atoms with E-state index >= 15 is 0 Å². The molecule has 6 nitrogen and oxygen atoms in total. The van der Waals surface area contributed by atoms with Crippen LogP contribution in [0.3, 0.4) is 0 Å². The third-order valence-electron chi connectivity index (χ3n) is 5.43. The van der Waals surface area contributed by atoms with Gasteiger partial charge in [-0.05, 0) is 54.8 Å². The van der Waals surface area contributed by atoms with E-state index in [-0.39, 0.29) is 10.9 Å². The predicted octanol–water partition coefficient (Wildman–Crippen LogP) is 7.22. The molecule has 4 rings (SSSR count). The minimum atomic E-state index is -2.67. The van der Waals surface area contributed by atoms with Gasteiger partial charge in [0.05, 0.1) is 18.3 Å². The zero-order valence-electron chi connectivity index (χ0n) is 20.2. The van der Waals surface area contributed by atoms with E-state index in [9.17, 15) is 13.6 Å². The van der Waals surface area contributed by atoms with Crippen LogP contribution in [0.4, 0.5) is 8.78 Å². The van der Waals surface area contributed by atoms with Crippen LogP contribution in [0, 0.1) is 6.92 Å². The van der Waals surface area contributed by atoms with Gasteiger partial charge in [-0.1, -0.05) is 42.4 Å². The molecule has 4 aromatic rings. The number of hydrogen-bond donors (Lipinski definition) is 1. The molecule has 0 saturated heterocycles. The van der Waals surface area contributed by atoms with Crippen LogP contribution < -0.4 is 10.2 Å². The summed E-state index contributed by atoms with van der Waals surface area (Å²) in [7, 11) is 1.55. The molecule has 1 amide bonds. The summed E-state index contributed by atoms with van der Waals surface area (Å²) in [6, 6.07) is 12.6. The van der Waals surface area contributed by atoms with Gasteiger partial charge in [-0.15, -0.1) is 11.3 Å². The second kappa shape index (κ2) is 12.0. The molecular weight excluding hydrogens is 538 g/mol. The Bertz CT molecular complexity index is 1480. The van der Waals surface area contributed by atoms with Crippen molar-refractivity contribution in [3.05, 3.63) is 80.4 Å². The van der Waals surface area contributed by atoms with Gasteiger partial charge < -0.3 is 4.74 Å². The third kappa shape index (κ3) is 6.44. The highest BCUT2D eigenvalue weighted by molar-refractivity contribution is 7.98. The highest BCUT2D eigenvalue weighted by Crippen LogP contribution is 2.36. The van der Waals surface area contributed by atoms with Crippen LogP contribution in [0.5, 0.6) is 5.75 Å². The minimum Gasteiger partial charge on any atom is -0.496 e. The molecule has 0 saturated carbocycles. The van der Waals surface area contributed by atoms with Crippen LogP contribution in [-0.4, -0.2) is 29.2 Å². The van der Waals surface area contributed by atoms with Crippen molar-refractivity contribution >= 4 is 56.9 Å². The summed E-state index contributed by atoms with van der Waals surface area (Å²) in [4.78, 5) is 21.3. The first-order chi connectivity index (χ1) is 17.8. The molecule has 0 unspecified atom stereocenters. The Kier molecular flexibility index (Phi) is 8.73. The molecule has 2 aromatic heterocycles. The number of halogens is 3. The number of hydrogen-bond acceptors (Lipinski definition) is 7. The van der Waals surface area contributed by atoms with E-state index in [1.807, 2.05) is 24.3 Å². The quantitative estimate of drug-likeness (QED) is 0.101. The van der Waals surface area contributed by atoms with Gasteiger partial charge in [0.1, 0.15) is 16.3 Å². The molecule has 0 radical (unpaired) electrons. The number of amides is 1. The molecule has 0 fully saturated rings. The third-order valence-corrected chi connectivity index (χ3v) is 7.98. The van der Waals surface area contributed by atoms with Crippen molar-refractivity contribution < 1.29 is 18.3 Å². The average molecular weight is 561 g/mol. The van der Waals surface area contributed by atoms with E-state index in [0.29, 0.717) is 32.7 Å². The lowest BCUT2D eigenvalue weighted by molar-refractivity contribution is 0.0959. The molecule has 37 heavy (non-hydrogen) atoms. The number of methoxy groups -OCH3 is 1. The number of carbonyl (C=O) groups is 1. The Balaban J connectivity index is 1.46. The van der Waals surface area contributed by atoms with E-state index < -0.39 is 12.3 Å². The molecule has 11 heteroatoms. The number of aryl methyl sites for hydroxylation is 2. The number of thioether (sulfide) groups is 1. The molecule has 2 aromatic carbocycles. The second-order valence-electron chi connectivity index (χ2n) is 8.01. The Morgan fingerprint density at radius 2 is 2.05 bits per heavy atom. The molecule has 192 valence electrons. The maximum atomic E-state index is 13.1. The summed E-state index contributed by atoms with van der Waals surface area (Å²) in [5.41, 5.74) is 5.39. The van der Waals surface area contributed by atoms with Gasteiger partial charge >= 0.3 is 0 Å². The summed E-state index contributed by atoms with van der Waals surface area (Å²) >= 11 is 9.00. The number of aromatic nitrogens is 2. The molecular formula is C26H23ClF2N4O2S2. The van der Waals surface area contributed by atoms with Crippen molar-refractivity contribution in [2.45, 2.75) is 37.6 Å². The van der Waals surface area contributed by atoms with Crippen LogP contribution in [0.15, 0.2) is 52.7 Å². The topological polar surface area (TPSA) is 76.5 Å². The largest absolute Gasteiger partial charge is 0.496 e. The number of fused-ring (bicyclic) bond motifs is 1. The predicted molar refractivity (Wildman–Crippen MR) is 146 cm³/mol. The highest BCUT2D eigenvalue weighted by Gasteiger charge is 2.17. The van der Waals surface area contributed by atoms with E-state index in [4.69, 9.17) is 16.3 Å². The lowest BCUT2D eigenvalue weighted by Gasteiger charge is -2.10. The van der Waals surface area contributed by atoms with Crippen molar-refractivity contribution in [1.82, 2.24) is 15.4 Å². The van der Waals surface area contributed by atoms with Gasteiger partial charge in [-0.2, -0.15) is 5.10 Å². The monoisotopic (exact) mass is 560 g/mol. The standard InChI is InChI=1S/C26H23ClF2N4O2S2/c1-4-15-5-7-18-21(11-15)37-23(22(18)27)25(34)33-30-12-16-6-8-20(35-3)17(10-16)13-36-26-31-14(2)9-19(32-26)24(28)29/h5-12,24H,4,13H2,1-3H3,(H,33,34)/b30-12-. The fourth-order valence-electron chi connectivity index (χ4n) is 3.57. The number of rotatable bonds is 9. The van der Waals surface area contributed by atoms with Gasteiger partial charge in [-0.3, -0.25) is 4.79 Å². The minimum absolute atomic E-state index is 0.259. The van der Waals surface area contributed by atoms with E-state index in [1.165, 1.54) is 40.9 Å². The summed E-state index contributed by atoms with van der Waals surface area (Å²) < 4.78 is 32.5. The molecule has 0 aliphatic rings. The maximum Gasteiger partial charge on any atom is 0.283 e. The van der Waals surface area contributed by atoms with Gasteiger partial charge in [-0.25, -0.2) is 24.2 Å². The average Bonchev–Trinajstić information content (AvgIpc) is 3.22. The smallest absolute Gasteiger partial charge is 0.283 e. The van der Waals surface area contributed by atoms with Crippen molar-refractivity contribution in [2.24, 2.45) is 5.10 Å². The molecule has 0 atom stereocenters. The molecule has 0 aliphatic carbocycles. The van der Waals surface area contributed by atoms with Gasteiger partial charge in [0.15, 0.2) is 5.16 Å². The first-order valence-corrected chi connectivity index (χ1v) is 13.4. The van der Waals surface area contributed by atoms with Gasteiger partial charge in [0.25, 0.3) is 12.3 Å². The Labute approximate surface area is 226 Å². The first kappa shape index (κ1) is 27.0. The number of nitrogens with zero attached hydrogens (tertiary/aromatic N) is 3. The van der Waals surface area contributed by atoms with Crippen LogP contribution >= 0.6 is 34.7 Å². The highest BCUT2D eigenvalue weighted by atomic mass is 35.5. The summed E-state index contributed by atoms with van der Waals surface area (Å²) in [6.45, 7) is 3.72. The molecule has 0 bridgehead atoms. The zero-order valence-corrected chi connectivity index (χ0v) is 22.6. The summed E-state index contributed by atoms with van der Waals surface area (Å²) in [5, 5.41) is 5.60. The fraction of sp³-hybridized carbons (Fsp3) is 0.231. The second-order valence-corrected chi connectivity index (χ2v) is 10.4. The summed E-state index contributed by atoms with van der Waals surface area (Å²) in [5.74, 6) is 0.621. The van der Waals surface area contributed by atoms with Crippen LogP contribution in [-0.2, 0) is 12.2 Å². The lowest BCUT2D eigenvalue weighted by Crippen LogP contribution is -2.16. The maximum absolute atomic E-state index is 13.1. The Morgan fingerprint density at radius 3 is 2.78 bits per heavy atom. The summed E-state index contributed by atoms with van der Waals surface area (Å²) in [6.07, 6.45) is -0.254. The molecule has 0 aliphatic heterocycles. The number of alkyl halides is 2. The van der Waals surface area contributed by atoms with Gasteiger partial charge in [0, 0.05) is 27.1 Å². The SMILES string of the molecule is CCc1ccc2c(Cl)c(C(=O)N/N=C\c3ccc(OC)c(CSc4nc(C)cc(C(F)F)n4)c3)sc2c1. The number of ether oxygens (including phenoxy) is 1. The van der Waals surface area contributed by atoms with Gasteiger partial charge in [0.2, 0.25) is 0 Å². The van der Waals surface area contributed by atoms with Crippen molar-refractivity contribution in [3.63, 3.8) is 0 Å². The van der Waals surface area contributed by atoms with Crippen LogP contribution in [0.1, 0.15) is 51.1 Å². The number of hydrazone groups is 1. The Hall–Kier alpha value is -3.08. The van der Waals surface area contributed by atoms with E-state index in [1.54, 1.807) is 26.2 Å². The van der Waals surface area contributed by atoms with Crippen molar-refractivity contribution in [3.8, 4) is 5.75 Å². The van der Waals surface area contributed by atoms with Crippen LogP contribution in [0.25, 0.3) is 10.1 Å². The fourth-order valence-corrected chi connectivity index (χ4v) is 5.93. The number of thiophene rings is 1. The number of nitrogens with one attached hydrogen (secondary N) is 1. The molecule has 1 N–H and O–H groups in total. The first-order valence-electron chi connectivity index (χ1n) is 11.3. The van der Waals surface area contributed by atoms with Crippen molar-refractivity contribution in [1.29, 1.82) is 0 Å². The molecule has 2 heterocycles. The van der Waals surface area contributed by atoms with Crippen LogP contribution in [0.2, 0.25) is 5.02 Å². The number of benzene rings is 2.